The molecule has 2 heteroatoms. The molecule has 0 aromatic carbocycles. The highest BCUT2D eigenvalue weighted by molar-refractivity contribution is 4.77. The number of nitrogens with two attached hydrogens (primary N) is 1. The van der Waals surface area contributed by atoms with Crippen LogP contribution in [0.4, 0.5) is 0 Å². The Labute approximate surface area is 102 Å². The van der Waals surface area contributed by atoms with E-state index in [0.717, 1.165) is 18.4 Å². The molecule has 1 rings (SSSR count). The first-order valence-electron chi connectivity index (χ1n) is 6.87. The van der Waals surface area contributed by atoms with Gasteiger partial charge in [-0.1, -0.05) is 27.7 Å². The summed E-state index contributed by atoms with van der Waals surface area (Å²) in [7, 11) is 0. The van der Waals surface area contributed by atoms with E-state index in [2.05, 4.69) is 32.6 Å². The monoisotopic (exact) mass is 226 g/mol. The summed E-state index contributed by atoms with van der Waals surface area (Å²) < 4.78 is 0. The van der Waals surface area contributed by atoms with Crippen molar-refractivity contribution in [2.75, 3.05) is 26.2 Å². The lowest BCUT2D eigenvalue weighted by Crippen LogP contribution is -2.38. The molecule has 1 aliphatic heterocycles. The molecule has 0 radical (unpaired) electrons. The van der Waals surface area contributed by atoms with Gasteiger partial charge in [-0.25, -0.2) is 0 Å². The number of hydrogen-bond donors (Lipinski definition) is 1. The Kier molecular flexibility index (Phi) is 5.26. The molecular formula is C14H30N2. The van der Waals surface area contributed by atoms with Crippen molar-refractivity contribution in [3.8, 4) is 0 Å². The van der Waals surface area contributed by atoms with E-state index < -0.39 is 0 Å². The number of nitrogens with zero attached hydrogens (tertiary/aromatic N) is 1. The van der Waals surface area contributed by atoms with Crippen LogP contribution in [0.1, 0.15) is 47.0 Å². The predicted molar refractivity (Wildman–Crippen MR) is 71.5 cm³/mol. The first-order chi connectivity index (χ1) is 7.44. The van der Waals surface area contributed by atoms with E-state index in [1.807, 2.05) is 0 Å². The summed E-state index contributed by atoms with van der Waals surface area (Å²) in [4.78, 5) is 2.62. The van der Waals surface area contributed by atoms with Crippen molar-refractivity contribution in [1.82, 2.24) is 4.90 Å². The molecule has 0 aromatic heterocycles. The van der Waals surface area contributed by atoms with Crippen LogP contribution in [0.15, 0.2) is 0 Å². The normalized spacial score (nSPS) is 20.6. The van der Waals surface area contributed by atoms with Crippen LogP contribution >= 0.6 is 0 Å². The molecular weight excluding hydrogens is 196 g/mol. The van der Waals surface area contributed by atoms with Gasteiger partial charge in [-0.2, -0.15) is 0 Å². The summed E-state index contributed by atoms with van der Waals surface area (Å²) >= 11 is 0. The van der Waals surface area contributed by atoms with E-state index in [1.54, 1.807) is 0 Å². The fraction of sp³-hybridized carbons (Fsp3) is 1.00. The highest BCUT2D eigenvalue weighted by atomic mass is 15.1. The topological polar surface area (TPSA) is 29.3 Å². The van der Waals surface area contributed by atoms with Crippen LogP contribution in [0.5, 0.6) is 0 Å². The van der Waals surface area contributed by atoms with E-state index in [4.69, 9.17) is 5.73 Å². The van der Waals surface area contributed by atoms with Crippen LogP contribution in [-0.2, 0) is 0 Å². The first-order valence-corrected chi connectivity index (χ1v) is 6.87. The molecule has 1 saturated heterocycles. The summed E-state index contributed by atoms with van der Waals surface area (Å²) in [5, 5.41) is 0. The maximum Gasteiger partial charge on any atom is -0.00132 e. The molecule has 0 aliphatic carbocycles. The van der Waals surface area contributed by atoms with Gasteiger partial charge in [0.25, 0.3) is 0 Å². The van der Waals surface area contributed by atoms with E-state index in [0.29, 0.717) is 5.41 Å². The van der Waals surface area contributed by atoms with Gasteiger partial charge in [-0.3, -0.25) is 0 Å². The predicted octanol–water partition coefficient (Wildman–Crippen LogP) is 2.73. The lowest BCUT2D eigenvalue weighted by molar-refractivity contribution is 0.141. The standard InChI is InChI=1S/C14H30N2/c1-12(2)13-5-8-16(9-6-13)10-7-14(3,4)11-15/h12-13H,5-11,15H2,1-4H3. The lowest BCUT2D eigenvalue weighted by Gasteiger charge is -2.35. The van der Waals surface area contributed by atoms with Gasteiger partial charge in [0.1, 0.15) is 0 Å². The Hall–Kier alpha value is -0.0800. The van der Waals surface area contributed by atoms with Crippen LogP contribution in [0, 0.1) is 17.3 Å². The zero-order valence-electron chi connectivity index (χ0n) is 11.6. The molecule has 0 aromatic rings. The van der Waals surface area contributed by atoms with Gasteiger partial charge in [0.05, 0.1) is 0 Å². The van der Waals surface area contributed by atoms with Gasteiger partial charge in [0.2, 0.25) is 0 Å². The number of piperidine rings is 1. The molecule has 0 spiro atoms. The molecule has 0 atom stereocenters. The number of rotatable bonds is 5. The second kappa shape index (κ2) is 6.02. The fourth-order valence-corrected chi connectivity index (χ4v) is 2.41. The molecule has 2 nitrogen and oxygen atoms in total. The van der Waals surface area contributed by atoms with E-state index >= 15 is 0 Å². The minimum atomic E-state index is 0.314. The molecule has 0 amide bonds. The Morgan fingerprint density at radius 1 is 1.25 bits per heavy atom. The molecule has 1 aliphatic rings. The van der Waals surface area contributed by atoms with Crippen LogP contribution in [0.2, 0.25) is 0 Å². The number of likely N-dealkylation sites (tertiary alicyclic amines) is 1. The highest BCUT2D eigenvalue weighted by Gasteiger charge is 2.23. The SMILES string of the molecule is CC(C)C1CCN(CCC(C)(C)CN)CC1. The third-order valence-electron chi connectivity index (χ3n) is 4.23. The van der Waals surface area contributed by atoms with Crippen LogP contribution in [0.3, 0.4) is 0 Å². The summed E-state index contributed by atoms with van der Waals surface area (Å²) in [6, 6.07) is 0. The third kappa shape index (κ3) is 4.42. The maximum absolute atomic E-state index is 5.77. The Bertz CT molecular complexity index is 191. The molecule has 0 saturated carbocycles. The maximum atomic E-state index is 5.77. The zero-order chi connectivity index (χ0) is 12.2. The number of hydrogen-bond acceptors (Lipinski definition) is 2. The molecule has 2 N–H and O–H groups in total. The molecule has 1 fully saturated rings. The van der Waals surface area contributed by atoms with Gasteiger partial charge in [0, 0.05) is 0 Å². The summed E-state index contributed by atoms with van der Waals surface area (Å²) in [5.41, 5.74) is 6.08. The van der Waals surface area contributed by atoms with Gasteiger partial charge < -0.3 is 10.6 Å². The second-order valence-electron chi connectivity index (χ2n) is 6.54. The van der Waals surface area contributed by atoms with Crippen molar-refractivity contribution in [3.05, 3.63) is 0 Å². The van der Waals surface area contributed by atoms with Crippen LogP contribution in [0.25, 0.3) is 0 Å². The van der Waals surface area contributed by atoms with E-state index in [9.17, 15) is 0 Å². The molecule has 0 unspecified atom stereocenters. The highest BCUT2D eigenvalue weighted by Crippen LogP contribution is 2.26. The van der Waals surface area contributed by atoms with E-state index in [-0.39, 0.29) is 0 Å². The second-order valence-corrected chi connectivity index (χ2v) is 6.54. The Morgan fingerprint density at radius 3 is 2.25 bits per heavy atom. The molecule has 0 bridgehead atoms. The third-order valence-corrected chi connectivity index (χ3v) is 4.23. The van der Waals surface area contributed by atoms with Gasteiger partial charge in [0.15, 0.2) is 0 Å². The van der Waals surface area contributed by atoms with E-state index in [1.165, 1.54) is 38.9 Å². The molecule has 1 heterocycles. The van der Waals surface area contributed by atoms with Crippen LogP contribution in [-0.4, -0.2) is 31.1 Å². The van der Waals surface area contributed by atoms with Crippen molar-refractivity contribution in [2.24, 2.45) is 23.0 Å². The Balaban J connectivity index is 2.22. The van der Waals surface area contributed by atoms with Gasteiger partial charge in [-0.05, 0) is 62.7 Å². The average molecular weight is 226 g/mol. The largest absolute Gasteiger partial charge is 0.330 e. The fourth-order valence-electron chi connectivity index (χ4n) is 2.41. The Morgan fingerprint density at radius 2 is 1.81 bits per heavy atom. The van der Waals surface area contributed by atoms with Gasteiger partial charge in [-0.15, -0.1) is 0 Å². The van der Waals surface area contributed by atoms with Crippen molar-refractivity contribution < 1.29 is 0 Å². The van der Waals surface area contributed by atoms with Crippen molar-refractivity contribution in [1.29, 1.82) is 0 Å². The average Bonchev–Trinajstić information content (AvgIpc) is 2.27. The lowest BCUT2D eigenvalue weighted by atomic mass is 9.85. The van der Waals surface area contributed by atoms with Crippen LogP contribution < -0.4 is 5.73 Å². The molecule has 96 valence electrons. The van der Waals surface area contributed by atoms with Crippen molar-refractivity contribution >= 4 is 0 Å². The van der Waals surface area contributed by atoms with Gasteiger partial charge >= 0.3 is 0 Å². The minimum Gasteiger partial charge on any atom is -0.330 e. The summed E-state index contributed by atoms with van der Waals surface area (Å²) in [6.45, 7) is 13.9. The molecule has 16 heavy (non-hydrogen) atoms. The summed E-state index contributed by atoms with van der Waals surface area (Å²) in [6.07, 6.45) is 4.01. The summed E-state index contributed by atoms with van der Waals surface area (Å²) in [5.74, 6) is 1.82. The minimum absolute atomic E-state index is 0.314. The zero-order valence-corrected chi connectivity index (χ0v) is 11.6. The quantitative estimate of drug-likeness (QED) is 0.781. The van der Waals surface area contributed by atoms with Crippen molar-refractivity contribution in [2.45, 2.75) is 47.0 Å². The first kappa shape index (κ1) is 14.0. The van der Waals surface area contributed by atoms with Crippen molar-refractivity contribution in [3.63, 3.8) is 0 Å². The smallest absolute Gasteiger partial charge is 0.00132 e.